The van der Waals surface area contributed by atoms with Crippen LogP contribution in [-0.2, 0) is 13.2 Å². The zero-order valence-corrected chi connectivity index (χ0v) is 19.6. The van der Waals surface area contributed by atoms with Crippen LogP contribution in [0.3, 0.4) is 0 Å². The minimum Gasteiger partial charge on any atom is -0.480 e. The molecular formula is C21H17Cl2F5N4O3. The maximum absolute atomic E-state index is 15.2. The second kappa shape index (κ2) is 10.3. The molecule has 0 fully saturated rings. The highest BCUT2D eigenvalue weighted by molar-refractivity contribution is 6.37. The minimum atomic E-state index is -4.84. The van der Waals surface area contributed by atoms with Crippen molar-refractivity contribution in [3.63, 3.8) is 0 Å². The predicted molar refractivity (Wildman–Crippen MR) is 119 cm³/mol. The average Bonchev–Trinajstić information content (AvgIpc) is 3.11. The van der Waals surface area contributed by atoms with E-state index in [1.807, 2.05) is 0 Å². The molecule has 3 rings (SSSR count). The molecular weight excluding hydrogens is 522 g/mol. The molecule has 7 nitrogen and oxygen atoms in total. The molecule has 0 saturated heterocycles. The summed E-state index contributed by atoms with van der Waals surface area (Å²) < 4.78 is 76.4. The molecule has 35 heavy (non-hydrogen) atoms. The van der Waals surface area contributed by atoms with Crippen LogP contribution in [0.5, 0.6) is 5.75 Å². The molecule has 0 aliphatic heterocycles. The van der Waals surface area contributed by atoms with Gasteiger partial charge in [0.2, 0.25) is 0 Å². The van der Waals surface area contributed by atoms with Crippen LogP contribution in [-0.4, -0.2) is 36.7 Å². The summed E-state index contributed by atoms with van der Waals surface area (Å²) in [5.41, 5.74) is -2.23. The Bertz CT molecular complexity index is 1320. The van der Waals surface area contributed by atoms with E-state index in [-0.39, 0.29) is 28.0 Å². The summed E-state index contributed by atoms with van der Waals surface area (Å²) in [4.78, 5) is 16.3. The number of aromatic nitrogens is 4. The van der Waals surface area contributed by atoms with Gasteiger partial charge in [-0.05, 0) is 26.0 Å². The molecule has 188 valence electrons. The van der Waals surface area contributed by atoms with Gasteiger partial charge in [-0.25, -0.2) is 13.6 Å². The van der Waals surface area contributed by atoms with Crippen molar-refractivity contribution >= 4 is 35.1 Å². The molecule has 0 aliphatic rings. The molecule has 0 spiro atoms. The minimum absolute atomic E-state index is 0.0503. The molecule has 0 radical (unpaired) electrons. The van der Waals surface area contributed by atoms with Crippen LogP contribution < -0.4 is 10.4 Å². The summed E-state index contributed by atoms with van der Waals surface area (Å²) in [6.45, 7) is 1.66. The van der Waals surface area contributed by atoms with Gasteiger partial charge in [-0.1, -0.05) is 23.2 Å². The fraction of sp³-hybridized carbons (Fsp3) is 0.286. The van der Waals surface area contributed by atoms with Crippen molar-refractivity contribution < 1.29 is 31.8 Å². The number of benzene rings is 1. The van der Waals surface area contributed by atoms with Gasteiger partial charge >= 0.3 is 11.9 Å². The van der Waals surface area contributed by atoms with Gasteiger partial charge in [0.05, 0.1) is 15.6 Å². The number of rotatable bonds is 7. The fourth-order valence-corrected chi connectivity index (χ4v) is 3.51. The maximum atomic E-state index is 15.2. The topological polar surface area (TPSA) is 82.2 Å². The number of aliphatic hydroxyl groups is 1. The van der Waals surface area contributed by atoms with Crippen LogP contribution in [0.15, 0.2) is 29.3 Å². The third-order valence-electron chi connectivity index (χ3n) is 4.86. The second-order valence-electron chi connectivity index (χ2n) is 7.12. The molecule has 1 aromatic carbocycles. The molecule has 0 aliphatic carbocycles. The monoisotopic (exact) mass is 538 g/mol. The Balaban J connectivity index is 2.24. The smallest absolute Gasteiger partial charge is 0.425 e. The number of halogens is 7. The first-order valence-corrected chi connectivity index (χ1v) is 10.7. The molecule has 14 heteroatoms. The van der Waals surface area contributed by atoms with Crippen LogP contribution in [0, 0.1) is 5.82 Å². The summed E-state index contributed by atoms with van der Waals surface area (Å²) >= 11 is 11.9. The number of alkyl halides is 3. The van der Waals surface area contributed by atoms with Gasteiger partial charge in [0, 0.05) is 30.6 Å². The van der Waals surface area contributed by atoms with Crippen molar-refractivity contribution in [1.29, 1.82) is 0 Å². The van der Waals surface area contributed by atoms with E-state index < -0.39 is 53.2 Å². The van der Waals surface area contributed by atoms with Gasteiger partial charge in [-0.2, -0.15) is 17.9 Å². The van der Waals surface area contributed by atoms with Gasteiger partial charge in [0.25, 0.3) is 0 Å². The summed E-state index contributed by atoms with van der Waals surface area (Å²) in [6.07, 6.45) is -4.15. The molecule has 2 aromatic heterocycles. The fourth-order valence-electron chi connectivity index (χ4n) is 3.04. The van der Waals surface area contributed by atoms with Gasteiger partial charge in [0.15, 0.2) is 11.9 Å². The SMILES string of the molecule is CCn1c(CO)nn(-c2cc(O[C@@H](C)C(F)(F)F)c(/C(F)=C/c3c(Cl)cncc3Cl)cc2F)c1=O. The number of pyridine rings is 1. The zero-order valence-electron chi connectivity index (χ0n) is 18.1. The van der Waals surface area contributed by atoms with E-state index in [1.165, 1.54) is 0 Å². The van der Waals surface area contributed by atoms with E-state index in [2.05, 4.69) is 10.1 Å². The highest BCUT2D eigenvalue weighted by atomic mass is 35.5. The Morgan fingerprint density at radius 2 is 1.89 bits per heavy atom. The lowest BCUT2D eigenvalue weighted by molar-refractivity contribution is -0.189. The molecule has 0 bridgehead atoms. The van der Waals surface area contributed by atoms with E-state index >= 15 is 8.78 Å². The normalized spacial score (nSPS) is 13.3. The summed E-state index contributed by atoms with van der Waals surface area (Å²) in [6, 6.07) is 1.27. The lowest BCUT2D eigenvalue weighted by Crippen LogP contribution is -2.31. The van der Waals surface area contributed by atoms with Gasteiger partial charge in [-0.15, -0.1) is 5.10 Å². The van der Waals surface area contributed by atoms with Crippen LogP contribution in [0.25, 0.3) is 17.6 Å². The van der Waals surface area contributed by atoms with Gasteiger partial charge in [0.1, 0.15) is 29.7 Å². The van der Waals surface area contributed by atoms with E-state index in [0.717, 1.165) is 23.0 Å². The highest BCUT2D eigenvalue weighted by Crippen LogP contribution is 2.37. The van der Waals surface area contributed by atoms with Crippen molar-refractivity contribution in [2.75, 3.05) is 0 Å². The van der Waals surface area contributed by atoms with Crippen LogP contribution in [0.4, 0.5) is 22.0 Å². The number of ether oxygens (including phenoxy) is 1. The Morgan fingerprint density at radius 1 is 1.26 bits per heavy atom. The van der Waals surface area contributed by atoms with Crippen molar-refractivity contribution in [1.82, 2.24) is 19.3 Å². The number of aliphatic hydroxyl groups excluding tert-OH is 1. The standard InChI is InChI=1S/C21H17Cl2F5N4O3/c1-3-31-19(9-33)30-32(20(31)34)17-6-18(35-10(2)21(26,27)28)12(5-16(17)25)15(24)4-11-13(22)7-29-8-14(11)23/h4-8,10,33H,3,9H2,1-2H3/b15-4-/t10-/m0/s1. The Labute approximate surface area is 205 Å². The molecule has 1 N–H and O–H groups in total. The van der Waals surface area contributed by atoms with E-state index in [4.69, 9.17) is 27.9 Å². The lowest BCUT2D eigenvalue weighted by atomic mass is 10.1. The Morgan fingerprint density at radius 3 is 2.40 bits per heavy atom. The Hall–Kier alpha value is -2.96. The Kier molecular flexibility index (Phi) is 7.87. The van der Waals surface area contributed by atoms with Crippen LogP contribution >= 0.6 is 23.2 Å². The molecule has 0 saturated carbocycles. The number of nitrogens with zero attached hydrogens (tertiary/aromatic N) is 4. The molecule has 0 amide bonds. The van der Waals surface area contributed by atoms with Crippen molar-refractivity contribution in [2.45, 2.75) is 39.3 Å². The second-order valence-corrected chi connectivity index (χ2v) is 7.94. The van der Waals surface area contributed by atoms with E-state index in [9.17, 15) is 23.1 Å². The third-order valence-corrected chi connectivity index (χ3v) is 5.46. The van der Waals surface area contributed by atoms with Gasteiger partial charge in [-0.3, -0.25) is 9.55 Å². The first-order valence-electron chi connectivity index (χ1n) is 9.92. The van der Waals surface area contributed by atoms with Crippen LogP contribution in [0.1, 0.15) is 30.8 Å². The quantitative estimate of drug-likeness (QED) is 0.419. The lowest BCUT2D eigenvalue weighted by Gasteiger charge is -2.20. The molecule has 0 unspecified atom stereocenters. The highest BCUT2D eigenvalue weighted by Gasteiger charge is 2.39. The van der Waals surface area contributed by atoms with Crippen molar-refractivity contribution in [3.05, 3.63) is 67.8 Å². The largest absolute Gasteiger partial charge is 0.480 e. The number of hydrogen-bond acceptors (Lipinski definition) is 5. The van der Waals surface area contributed by atoms with E-state index in [0.29, 0.717) is 23.7 Å². The first kappa shape index (κ1) is 26.6. The molecule has 2 heterocycles. The zero-order chi connectivity index (χ0) is 26.1. The van der Waals surface area contributed by atoms with Crippen molar-refractivity contribution in [2.24, 2.45) is 0 Å². The first-order chi connectivity index (χ1) is 16.4. The molecule has 3 aromatic rings. The number of hydrogen-bond donors (Lipinski definition) is 1. The average molecular weight is 539 g/mol. The van der Waals surface area contributed by atoms with Gasteiger partial charge < -0.3 is 9.84 Å². The summed E-state index contributed by atoms with van der Waals surface area (Å²) in [5.74, 6) is -3.27. The van der Waals surface area contributed by atoms with E-state index in [1.54, 1.807) is 6.92 Å². The molecule has 1 atom stereocenters. The van der Waals surface area contributed by atoms with Crippen molar-refractivity contribution in [3.8, 4) is 11.4 Å². The third kappa shape index (κ3) is 5.49. The van der Waals surface area contributed by atoms with Crippen LogP contribution in [0.2, 0.25) is 10.0 Å². The predicted octanol–water partition coefficient (Wildman–Crippen LogP) is 5.18. The summed E-state index contributed by atoms with van der Waals surface area (Å²) in [5, 5.41) is 13.1. The summed E-state index contributed by atoms with van der Waals surface area (Å²) in [7, 11) is 0. The maximum Gasteiger partial charge on any atom is 0.425 e.